The monoisotopic (exact) mass is 171 g/mol. The SMILES string of the molecule is COC(=O)CC1CNCC(C)C1. The minimum absolute atomic E-state index is 0.0871. The van der Waals surface area contributed by atoms with Crippen molar-refractivity contribution in [3.05, 3.63) is 0 Å². The van der Waals surface area contributed by atoms with E-state index >= 15 is 0 Å². The van der Waals surface area contributed by atoms with Gasteiger partial charge in [0.2, 0.25) is 0 Å². The van der Waals surface area contributed by atoms with E-state index in [1.807, 2.05) is 0 Å². The van der Waals surface area contributed by atoms with E-state index in [-0.39, 0.29) is 5.97 Å². The van der Waals surface area contributed by atoms with Crippen LogP contribution in [0.4, 0.5) is 0 Å². The van der Waals surface area contributed by atoms with Gasteiger partial charge < -0.3 is 10.1 Å². The van der Waals surface area contributed by atoms with Gasteiger partial charge in [0.15, 0.2) is 0 Å². The highest BCUT2D eigenvalue weighted by Gasteiger charge is 2.20. The maximum Gasteiger partial charge on any atom is 0.305 e. The van der Waals surface area contributed by atoms with E-state index in [1.165, 1.54) is 7.11 Å². The zero-order chi connectivity index (χ0) is 8.97. The summed E-state index contributed by atoms with van der Waals surface area (Å²) in [6.45, 7) is 4.24. The Morgan fingerprint density at radius 2 is 2.33 bits per heavy atom. The minimum atomic E-state index is -0.0871. The Balaban J connectivity index is 2.27. The molecule has 1 aliphatic rings. The summed E-state index contributed by atoms with van der Waals surface area (Å²) in [7, 11) is 1.45. The van der Waals surface area contributed by atoms with Gasteiger partial charge in [0, 0.05) is 6.42 Å². The van der Waals surface area contributed by atoms with Gasteiger partial charge >= 0.3 is 5.97 Å². The molecule has 2 atom stereocenters. The molecule has 1 N–H and O–H groups in total. The van der Waals surface area contributed by atoms with Crippen LogP contribution in [0.2, 0.25) is 0 Å². The maximum atomic E-state index is 10.9. The quantitative estimate of drug-likeness (QED) is 0.624. The molecule has 1 aliphatic heterocycles. The second-order valence-corrected chi connectivity index (χ2v) is 3.65. The smallest absolute Gasteiger partial charge is 0.305 e. The first-order valence-corrected chi connectivity index (χ1v) is 4.50. The molecule has 3 heteroatoms. The number of methoxy groups -OCH3 is 1. The molecule has 0 radical (unpaired) electrons. The van der Waals surface area contributed by atoms with Crippen molar-refractivity contribution in [3.63, 3.8) is 0 Å². The number of hydrogen-bond donors (Lipinski definition) is 1. The normalized spacial score (nSPS) is 29.8. The number of rotatable bonds is 2. The Labute approximate surface area is 73.5 Å². The predicted octanol–water partition coefficient (Wildman–Crippen LogP) is 0.795. The molecule has 2 unspecified atom stereocenters. The van der Waals surface area contributed by atoms with Crippen LogP contribution in [0.25, 0.3) is 0 Å². The van der Waals surface area contributed by atoms with Crippen LogP contribution in [0.1, 0.15) is 19.8 Å². The Morgan fingerprint density at radius 3 is 2.92 bits per heavy atom. The van der Waals surface area contributed by atoms with Gasteiger partial charge in [-0.1, -0.05) is 6.92 Å². The van der Waals surface area contributed by atoms with Crippen molar-refractivity contribution in [1.29, 1.82) is 0 Å². The molecule has 1 heterocycles. The van der Waals surface area contributed by atoms with Crippen molar-refractivity contribution in [2.24, 2.45) is 11.8 Å². The Morgan fingerprint density at radius 1 is 1.58 bits per heavy atom. The molecule has 70 valence electrons. The molecule has 0 aromatic carbocycles. The van der Waals surface area contributed by atoms with Crippen molar-refractivity contribution < 1.29 is 9.53 Å². The van der Waals surface area contributed by atoms with Crippen molar-refractivity contribution in [2.45, 2.75) is 19.8 Å². The summed E-state index contributed by atoms with van der Waals surface area (Å²) in [5, 5.41) is 3.31. The van der Waals surface area contributed by atoms with Crippen LogP contribution in [0.15, 0.2) is 0 Å². The van der Waals surface area contributed by atoms with E-state index in [1.54, 1.807) is 0 Å². The van der Waals surface area contributed by atoms with Crippen molar-refractivity contribution >= 4 is 5.97 Å². The van der Waals surface area contributed by atoms with Crippen LogP contribution in [0.3, 0.4) is 0 Å². The molecule has 1 rings (SSSR count). The van der Waals surface area contributed by atoms with E-state index in [2.05, 4.69) is 17.0 Å². The largest absolute Gasteiger partial charge is 0.469 e. The second kappa shape index (κ2) is 4.45. The fourth-order valence-electron chi connectivity index (χ4n) is 1.74. The number of hydrogen-bond acceptors (Lipinski definition) is 3. The zero-order valence-corrected chi connectivity index (χ0v) is 7.80. The highest BCUT2D eigenvalue weighted by Crippen LogP contribution is 2.18. The molecule has 0 aliphatic carbocycles. The molecular weight excluding hydrogens is 154 g/mol. The Bertz CT molecular complexity index is 159. The van der Waals surface area contributed by atoms with Crippen LogP contribution in [-0.4, -0.2) is 26.2 Å². The van der Waals surface area contributed by atoms with Gasteiger partial charge in [0.05, 0.1) is 7.11 Å². The van der Waals surface area contributed by atoms with Gasteiger partial charge in [-0.2, -0.15) is 0 Å². The molecule has 1 fully saturated rings. The predicted molar refractivity (Wildman–Crippen MR) is 46.8 cm³/mol. The summed E-state index contributed by atoms with van der Waals surface area (Å²) < 4.78 is 4.62. The van der Waals surface area contributed by atoms with Gasteiger partial charge in [-0.15, -0.1) is 0 Å². The summed E-state index contributed by atoms with van der Waals surface area (Å²) in [5.74, 6) is 1.07. The topological polar surface area (TPSA) is 38.3 Å². The average molecular weight is 171 g/mol. The first-order chi connectivity index (χ1) is 5.72. The van der Waals surface area contributed by atoms with E-state index in [9.17, 15) is 4.79 Å². The summed E-state index contributed by atoms with van der Waals surface area (Å²) in [4.78, 5) is 10.9. The van der Waals surface area contributed by atoms with Crippen LogP contribution < -0.4 is 5.32 Å². The lowest BCUT2D eigenvalue weighted by atomic mass is 9.90. The summed E-state index contributed by atoms with van der Waals surface area (Å²) in [6.07, 6.45) is 1.70. The van der Waals surface area contributed by atoms with Crippen LogP contribution >= 0.6 is 0 Å². The first kappa shape index (κ1) is 9.52. The number of piperidine rings is 1. The van der Waals surface area contributed by atoms with Crippen molar-refractivity contribution in [2.75, 3.05) is 20.2 Å². The third-order valence-electron chi connectivity index (χ3n) is 2.34. The minimum Gasteiger partial charge on any atom is -0.469 e. The summed E-state index contributed by atoms with van der Waals surface area (Å²) in [5.41, 5.74) is 0. The lowest BCUT2D eigenvalue weighted by Crippen LogP contribution is -2.36. The standard InChI is InChI=1S/C9H17NO2/c1-7-3-8(6-10-5-7)4-9(11)12-2/h7-8,10H,3-6H2,1-2H3. The number of ether oxygens (including phenoxy) is 1. The molecule has 0 spiro atoms. The second-order valence-electron chi connectivity index (χ2n) is 3.65. The lowest BCUT2D eigenvalue weighted by molar-refractivity contribution is -0.141. The third kappa shape index (κ3) is 2.81. The van der Waals surface area contributed by atoms with Gasteiger partial charge in [-0.25, -0.2) is 0 Å². The van der Waals surface area contributed by atoms with Crippen LogP contribution in [0.5, 0.6) is 0 Å². The van der Waals surface area contributed by atoms with E-state index in [0.29, 0.717) is 18.3 Å². The Hall–Kier alpha value is -0.570. The van der Waals surface area contributed by atoms with Gasteiger partial charge in [-0.3, -0.25) is 4.79 Å². The van der Waals surface area contributed by atoms with Gasteiger partial charge in [0.1, 0.15) is 0 Å². The van der Waals surface area contributed by atoms with Crippen LogP contribution in [-0.2, 0) is 9.53 Å². The fourth-order valence-corrected chi connectivity index (χ4v) is 1.74. The highest BCUT2D eigenvalue weighted by molar-refractivity contribution is 5.69. The lowest BCUT2D eigenvalue weighted by Gasteiger charge is -2.26. The summed E-state index contributed by atoms with van der Waals surface area (Å²) in [6, 6.07) is 0. The number of carbonyl (C=O) groups excluding carboxylic acids is 1. The van der Waals surface area contributed by atoms with Gasteiger partial charge in [-0.05, 0) is 31.3 Å². The summed E-state index contributed by atoms with van der Waals surface area (Å²) >= 11 is 0. The zero-order valence-electron chi connectivity index (χ0n) is 7.80. The van der Waals surface area contributed by atoms with Crippen molar-refractivity contribution in [1.82, 2.24) is 5.32 Å². The molecule has 0 aromatic heterocycles. The van der Waals surface area contributed by atoms with E-state index < -0.39 is 0 Å². The molecule has 0 bridgehead atoms. The fraction of sp³-hybridized carbons (Fsp3) is 0.889. The maximum absolute atomic E-state index is 10.9. The third-order valence-corrected chi connectivity index (χ3v) is 2.34. The van der Waals surface area contributed by atoms with E-state index in [4.69, 9.17) is 0 Å². The van der Waals surface area contributed by atoms with Crippen LogP contribution in [0, 0.1) is 11.8 Å². The molecule has 0 amide bonds. The average Bonchev–Trinajstić information content (AvgIpc) is 2.04. The molecule has 12 heavy (non-hydrogen) atoms. The highest BCUT2D eigenvalue weighted by atomic mass is 16.5. The Kier molecular flexibility index (Phi) is 3.53. The first-order valence-electron chi connectivity index (χ1n) is 4.50. The molecular formula is C9H17NO2. The van der Waals surface area contributed by atoms with E-state index in [0.717, 1.165) is 19.5 Å². The molecule has 0 aromatic rings. The number of carbonyl (C=O) groups is 1. The molecule has 1 saturated heterocycles. The number of nitrogens with one attached hydrogen (secondary N) is 1. The number of esters is 1. The van der Waals surface area contributed by atoms with Gasteiger partial charge in [0.25, 0.3) is 0 Å². The molecule has 0 saturated carbocycles. The molecule has 3 nitrogen and oxygen atoms in total. The van der Waals surface area contributed by atoms with Crippen molar-refractivity contribution in [3.8, 4) is 0 Å².